The van der Waals surface area contributed by atoms with Crippen molar-refractivity contribution in [3.8, 4) is 22.9 Å². The van der Waals surface area contributed by atoms with Crippen LogP contribution in [0.5, 0.6) is 11.5 Å². The second-order valence-electron chi connectivity index (χ2n) is 4.30. The minimum Gasteiger partial charge on any atom is -0.493 e. The summed E-state index contributed by atoms with van der Waals surface area (Å²) in [6, 6.07) is 3.44. The van der Waals surface area contributed by atoms with E-state index in [-0.39, 0.29) is 12.0 Å². The van der Waals surface area contributed by atoms with Crippen LogP contribution >= 0.6 is 23.2 Å². The van der Waals surface area contributed by atoms with Gasteiger partial charge in [-0.15, -0.1) is 11.6 Å². The first-order chi connectivity index (χ1) is 9.55. The maximum Gasteiger partial charge on any atom is 0.241 e. The van der Waals surface area contributed by atoms with Gasteiger partial charge in [-0.2, -0.15) is 4.98 Å². The van der Waals surface area contributed by atoms with Crippen LogP contribution in [0.3, 0.4) is 0 Å². The van der Waals surface area contributed by atoms with E-state index in [1.807, 2.05) is 13.8 Å². The lowest BCUT2D eigenvalue weighted by Crippen LogP contribution is -2.07. The first kappa shape index (κ1) is 14.9. The molecule has 20 heavy (non-hydrogen) atoms. The standard InChI is InChI=1S/C13H14Cl2N2O3/c1-7(2)19-12-9(15)4-8(5-10(12)18-3)13-16-11(6-14)20-17-13/h4-5,7H,6H2,1-3H3. The van der Waals surface area contributed by atoms with Crippen molar-refractivity contribution in [2.45, 2.75) is 25.8 Å². The highest BCUT2D eigenvalue weighted by molar-refractivity contribution is 6.32. The van der Waals surface area contributed by atoms with Crippen molar-refractivity contribution >= 4 is 23.2 Å². The quantitative estimate of drug-likeness (QED) is 0.782. The molecule has 0 atom stereocenters. The Morgan fingerprint density at radius 2 is 2.10 bits per heavy atom. The molecular weight excluding hydrogens is 303 g/mol. The van der Waals surface area contributed by atoms with Crippen LogP contribution in [-0.2, 0) is 5.88 Å². The summed E-state index contributed by atoms with van der Waals surface area (Å²) >= 11 is 11.9. The van der Waals surface area contributed by atoms with Crippen LogP contribution in [0.15, 0.2) is 16.7 Å². The highest BCUT2D eigenvalue weighted by Crippen LogP contribution is 2.39. The third kappa shape index (κ3) is 3.16. The largest absolute Gasteiger partial charge is 0.493 e. The molecule has 5 nitrogen and oxygen atoms in total. The molecular formula is C13H14Cl2N2O3. The number of nitrogens with zero attached hydrogens (tertiary/aromatic N) is 2. The summed E-state index contributed by atoms with van der Waals surface area (Å²) in [5.74, 6) is 1.91. The van der Waals surface area contributed by atoms with Crippen LogP contribution in [-0.4, -0.2) is 23.4 Å². The highest BCUT2D eigenvalue weighted by atomic mass is 35.5. The monoisotopic (exact) mass is 316 g/mol. The molecule has 0 amide bonds. The van der Waals surface area contributed by atoms with Crippen LogP contribution in [0.2, 0.25) is 5.02 Å². The Kier molecular flexibility index (Phi) is 4.73. The zero-order valence-corrected chi connectivity index (χ0v) is 12.8. The van der Waals surface area contributed by atoms with Crippen LogP contribution in [0.4, 0.5) is 0 Å². The molecule has 2 aromatic rings. The molecule has 0 aliphatic heterocycles. The minimum atomic E-state index is -0.0136. The lowest BCUT2D eigenvalue weighted by molar-refractivity contribution is 0.230. The Bertz CT molecular complexity index is 599. The van der Waals surface area contributed by atoms with Gasteiger partial charge in [-0.3, -0.25) is 0 Å². The van der Waals surface area contributed by atoms with E-state index < -0.39 is 0 Å². The van der Waals surface area contributed by atoms with Gasteiger partial charge in [0.1, 0.15) is 5.88 Å². The predicted molar refractivity (Wildman–Crippen MR) is 76.6 cm³/mol. The number of rotatable bonds is 5. The van der Waals surface area contributed by atoms with Gasteiger partial charge in [-0.05, 0) is 26.0 Å². The summed E-state index contributed by atoms with van der Waals surface area (Å²) in [7, 11) is 1.54. The van der Waals surface area contributed by atoms with Crippen molar-refractivity contribution in [1.29, 1.82) is 0 Å². The maximum absolute atomic E-state index is 6.23. The fourth-order valence-corrected chi connectivity index (χ4v) is 1.99. The summed E-state index contributed by atoms with van der Waals surface area (Å²) in [6.07, 6.45) is -0.0136. The molecule has 0 spiro atoms. The van der Waals surface area contributed by atoms with Crippen LogP contribution in [0, 0.1) is 0 Å². The Morgan fingerprint density at radius 1 is 1.35 bits per heavy atom. The second kappa shape index (κ2) is 6.33. The van der Waals surface area contributed by atoms with Crippen LogP contribution < -0.4 is 9.47 Å². The van der Waals surface area contributed by atoms with E-state index in [2.05, 4.69) is 10.1 Å². The normalized spacial score (nSPS) is 10.9. The number of benzene rings is 1. The van der Waals surface area contributed by atoms with Gasteiger partial charge in [0.05, 0.1) is 18.2 Å². The Labute approximate surface area is 126 Å². The van der Waals surface area contributed by atoms with Crippen molar-refractivity contribution < 1.29 is 14.0 Å². The molecule has 1 aromatic heterocycles. The van der Waals surface area contributed by atoms with E-state index >= 15 is 0 Å². The van der Waals surface area contributed by atoms with Gasteiger partial charge < -0.3 is 14.0 Å². The average Bonchev–Trinajstić information content (AvgIpc) is 2.89. The van der Waals surface area contributed by atoms with Crippen molar-refractivity contribution in [3.05, 3.63) is 23.0 Å². The van der Waals surface area contributed by atoms with E-state index in [0.717, 1.165) is 0 Å². The first-order valence-corrected chi connectivity index (χ1v) is 6.89. The SMILES string of the molecule is COc1cc(-c2noc(CCl)n2)cc(Cl)c1OC(C)C. The fraction of sp³-hybridized carbons (Fsp3) is 0.385. The lowest BCUT2D eigenvalue weighted by Gasteiger charge is -2.15. The van der Waals surface area contributed by atoms with E-state index in [1.165, 1.54) is 0 Å². The van der Waals surface area contributed by atoms with Gasteiger partial charge in [0.25, 0.3) is 0 Å². The van der Waals surface area contributed by atoms with Gasteiger partial charge in [0.2, 0.25) is 11.7 Å². The maximum atomic E-state index is 6.23. The summed E-state index contributed by atoms with van der Waals surface area (Å²) in [5.41, 5.74) is 0.670. The first-order valence-electron chi connectivity index (χ1n) is 5.98. The molecule has 7 heteroatoms. The predicted octanol–water partition coefficient (Wildman–Crippen LogP) is 3.92. The topological polar surface area (TPSA) is 57.4 Å². The Hall–Kier alpha value is -1.46. The van der Waals surface area contributed by atoms with E-state index in [0.29, 0.717) is 33.8 Å². The third-order valence-electron chi connectivity index (χ3n) is 2.42. The lowest BCUT2D eigenvalue weighted by atomic mass is 10.2. The highest BCUT2D eigenvalue weighted by Gasteiger charge is 2.17. The Morgan fingerprint density at radius 3 is 2.65 bits per heavy atom. The number of hydrogen-bond donors (Lipinski definition) is 0. The molecule has 0 aliphatic rings. The van der Waals surface area contributed by atoms with Gasteiger partial charge in [0, 0.05) is 5.56 Å². The molecule has 0 aliphatic carbocycles. The van der Waals surface area contributed by atoms with Crippen LogP contribution in [0.25, 0.3) is 11.4 Å². The van der Waals surface area contributed by atoms with Gasteiger partial charge >= 0.3 is 0 Å². The van der Waals surface area contributed by atoms with Crippen molar-refractivity contribution in [3.63, 3.8) is 0 Å². The number of hydrogen-bond acceptors (Lipinski definition) is 5. The molecule has 0 saturated carbocycles. The van der Waals surface area contributed by atoms with Crippen molar-refractivity contribution in [2.24, 2.45) is 0 Å². The minimum absolute atomic E-state index is 0.0136. The van der Waals surface area contributed by atoms with E-state index in [1.54, 1.807) is 19.2 Å². The molecule has 0 bridgehead atoms. The average molecular weight is 317 g/mol. The summed E-state index contributed by atoms with van der Waals surface area (Å²) in [4.78, 5) is 4.14. The molecule has 0 radical (unpaired) electrons. The Balaban J connectivity index is 2.43. The fourth-order valence-electron chi connectivity index (χ4n) is 1.63. The van der Waals surface area contributed by atoms with Gasteiger partial charge in [-0.25, -0.2) is 0 Å². The molecule has 108 valence electrons. The van der Waals surface area contributed by atoms with Crippen molar-refractivity contribution in [1.82, 2.24) is 10.1 Å². The molecule has 0 saturated heterocycles. The number of alkyl halides is 1. The molecule has 2 rings (SSSR count). The molecule has 0 unspecified atom stereocenters. The van der Waals surface area contributed by atoms with E-state index in [4.69, 9.17) is 37.2 Å². The van der Waals surface area contributed by atoms with Gasteiger partial charge in [0.15, 0.2) is 11.5 Å². The molecule has 0 fully saturated rings. The van der Waals surface area contributed by atoms with Gasteiger partial charge in [-0.1, -0.05) is 16.8 Å². The molecule has 0 N–H and O–H groups in total. The van der Waals surface area contributed by atoms with Crippen molar-refractivity contribution in [2.75, 3.05) is 7.11 Å². The number of ether oxygens (including phenoxy) is 2. The smallest absolute Gasteiger partial charge is 0.241 e. The third-order valence-corrected chi connectivity index (χ3v) is 2.93. The molecule has 1 aromatic carbocycles. The summed E-state index contributed by atoms with van der Waals surface area (Å²) in [6.45, 7) is 3.82. The summed E-state index contributed by atoms with van der Waals surface area (Å²) < 4.78 is 15.9. The molecule has 1 heterocycles. The zero-order chi connectivity index (χ0) is 14.7. The number of aromatic nitrogens is 2. The second-order valence-corrected chi connectivity index (χ2v) is 4.98. The van der Waals surface area contributed by atoms with E-state index in [9.17, 15) is 0 Å². The summed E-state index contributed by atoms with van der Waals surface area (Å²) in [5, 5.41) is 4.26. The van der Waals surface area contributed by atoms with Crippen LogP contribution in [0.1, 0.15) is 19.7 Å². The number of halogens is 2. The zero-order valence-electron chi connectivity index (χ0n) is 11.3. The number of methoxy groups -OCH3 is 1.